The fourth-order valence-electron chi connectivity index (χ4n) is 2.12. The Hall–Kier alpha value is -2.01. The number of fused-ring (bicyclic) bond motifs is 1. The van der Waals surface area contributed by atoms with E-state index in [1.165, 1.54) is 12.3 Å². The van der Waals surface area contributed by atoms with E-state index in [1.54, 1.807) is 17.4 Å². The van der Waals surface area contributed by atoms with Crippen molar-refractivity contribution in [1.82, 2.24) is 9.97 Å². The van der Waals surface area contributed by atoms with Crippen LogP contribution >= 0.6 is 11.3 Å². The van der Waals surface area contributed by atoms with Gasteiger partial charge in [0.1, 0.15) is 5.82 Å². The van der Waals surface area contributed by atoms with Crippen LogP contribution in [0.25, 0.3) is 10.2 Å². The molecule has 0 saturated carbocycles. The molecule has 1 N–H and O–H groups in total. The standard InChI is InChI=1S/C15H14FN3S/c1-2-12(13-5-3-10(16)8-17-13)19-11-4-6-14-15(7-11)20-9-18-14/h3-9,12,19H,2H2,1H3. The molecule has 1 atom stereocenters. The van der Waals surface area contributed by atoms with E-state index in [9.17, 15) is 4.39 Å². The van der Waals surface area contributed by atoms with Gasteiger partial charge in [0.2, 0.25) is 0 Å². The number of nitrogens with one attached hydrogen (secondary N) is 1. The lowest BCUT2D eigenvalue weighted by Gasteiger charge is -2.17. The summed E-state index contributed by atoms with van der Waals surface area (Å²) >= 11 is 1.62. The minimum absolute atomic E-state index is 0.0703. The van der Waals surface area contributed by atoms with Crippen LogP contribution in [0.15, 0.2) is 42.0 Å². The monoisotopic (exact) mass is 287 g/mol. The number of aromatic nitrogens is 2. The number of anilines is 1. The molecule has 0 saturated heterocycles. The summed E-state index contributed by atoms with van der Waals surface area (Å²) in [5, 5.41) is 3.44. The van der Waals surface area contributed by atoms with Gasteiger partial charge in [0, 0.05) is 5.69 Å². The lowest BCUT2D eigenvalue weighted by Crippen LogP contribution is -2.11. The number of hydrogen-bond acceptors (Lipinski definition) is 4. The molecule has 0 bridgehead atoms. The topological polar surface area (TPSA) is 37.8 Å². The van der Waals surface area contributed by atoms with Crippen LogP contribution in [0.2, 0.25) is 0 Å². The first-order valence-electron chi connectivity index (χ1n) is 6.47. The normalized spacial score (nSPS) is 12.5. The molecule has 0 aliphatic carbocycles. The summed E-state index contributed by atoms with van der Waals surface area (Å²) in [6.45, 7) is 2.08. The number of benzene rings is 1. The van der Waals surface area contributed by atoms with Gasteiger partial charge >= 0.3 is 0 Å². The van der Waals surface area contributed by atoms with Crippen LogP contribution in [-0.4, -0.2) is 9.97 Å². The molecule has 0 aliphatic rings. The van der Waals surface area contributed by atoms with Crippen molar-refractivity contribution < 1.29 is 4.39 Å². The number of hydrogen-bond donors (Lipinski definition) is 1. The Labute approximate surface area is 120 Å². The smallest absolute Gasteiger partial charge is 0.141 e. The predicted molar refractivity (Wildman–Crippen MR) is 80.5 cm³/mol. The molecule has 3 rings (SSSR count). The van der Waals surface area contributed by atoms with Gasteiger partial charge in [-0.1, -0.05) is 6.92 Å². The van der Waals surface area contributed by atoms with Crippen LogP contribution in [0.3, 0.4) is 0 Å². The molecule has 0 amide bonds. The van der Waals surface area contributed by atoms with Crippen LogP contribution in [-0.2, 0) is 0 Å². The van der Waals surface area contributed by atoms with Gasteiger partial charge in [-0.05, 0) is 36.8 Å². The van der Waals surface area contributed by atoms with E-state index >= 15 is 0 Å². The largest absolute Gasteiger partial charge is 0.377 e. The molecular formula is C15H14FN3S. The van der Waals surface area contributed by atoms with Crippen molar-refractivity contribution in [2.24, 2.45) is 0 Å². The van der Waals surface area contributed by atoms with E-state index in [4.69, 9.17) is 0 Å². The highest BCUT2D eigenvalue weighted by Crippen LogP contribution is 2.26. The predicted octanol–water partition coefficient (Wildman–Crippen LogP) is 4.39. The van der Waals surface area contributed by atoms with Crippen LogP contribution in [0.5, 0.6) is 0 Å². The molecule has 1 unspecified atom stereocenters. The molecule has 2 heterocycles. The van der Waals surface area contributed by atoms with Crippen molar-refractivity contribution in [3.8, 4) is 0 Å². The highest BCUT2D eigenvalue weighted by atomic mass is 32.1. The second-order valence-electron chi connectivity index (χ2n) is 4.54. The third-order valence-electron chi connectivity index (χ3n) is 3.19. The number of nitrogens with zero attached hydrogens (tertiary/aromatic N) is 2. The maximum Gasteiger partial charge on any atom is 0.141 e. The van der Waals surface area contributed by atoms with Gasteiger partial charge in [-0.3, -0.25) is 4.98 Å². The van der Waals surface area contributed by atoms with E-state index in [0.29, 0.717) is 0 Å². The Morgan fingerprint density at radius 1 is 1.25 bits per heavy atom. The third-order valence-corrected chi connectivity index (χ3v) is 3.98. The molecule has 1 aromatic carbocycles. The van der Waals surface area contributed by atoms with Crippen LogP contribution in [0, 0.1) is 5.82 Å². The molecule has 3 nitrogen and oxygen atoms in total. The van der Waals surface area contributed by atoms with Gasteiger partial charge in [0.25, 0.3) is 0 Å². The summed E-state index contributed by atoms with van der Waals surface area (Å²) in [5.41, 5.74) is 4.72. The molecule has 20 heavy (non-hydrogen) atoms. The highest BCUT2D eigenvalue weighted by Gasteiger charge is 2.11. The maximum atomic E-state index is 12.9. The first-order valence-corrected chi connectivity index (χ1v) is 7.35. The summed E-state index contributed by atoms with van der Waals surface area (Å²) in [7, 11) is 0. The van der Waals surface area contributed by atoms with Crippen LogP contribution in [0.4, 0.5) is 10.1 Å². The van der Waals surface area contributed by atoms with E-state index in [0.717, 1.165) is 28.0 Å². The Morgan fingerprint density at radius 3 is 2.90 bits per heavy atom. The van der Waals surface area contributed by atoms with Crippen molar-refractivity contribution in [1.29, 1.82) is 0 Å². The second kappa shape index (κ2) is 5.54. The summed E-state index contributed by atoms with van der Waals surface area (Å²) in [5.74, 6) is -0.310. The molecule has 0 fully saturated rings. The van der Waals surface area contributed by atoms with Crippen molar-refractivity contribution in [3.63, 3.8) is 0 Å². The number of halogens is 1. The van der Waals surface area contributed by atoms with Crippen LogP contribution < -0.4 is 5.32 Å². The second-order valence-corrected chi connectivity index (χ2v) is 5.43. The highest BCUT2D eigenvalue weighted by molar-refractivity contribution is 7.16. The molecule has 102 valence electrons. The average molecular weight is 287 g/mol. The van der Waals surface area contributed by atoms with Crippen molar-refractivity contribution in [3.05, 3.63) is 53.6 Å². The summed E-state index contributed by atoms with van der Waals surface area (Å²) in [6.07, 6.45) is 2.13. The zero-order valence-electron chi connectivity index (χ0n) is 11.0. The number of rotatable bonds is 4. The van der Waals surface area contributed by atoms with Gasteiger partial charge in [0.05, 0.1) is 33.7 Å². The van der Waals surface area contributed by atoms with E-state index in [2.05, 4.69) is 28.3 Å². The lowest BCUT2D eigenvalue weighted by atomic mass is 10.1. The fraction of sp³-hybridized carbons (Fsp3) is 0.200. The van der Waals surface area contributed by atoms with Crippen molar-refractivity contribution >= 4 is 27.2 Å². The Bertz CT molecular complexity index is 708. The third kappa shape index (κ3) is 2.63. The van der Waals surface area contributed by atoms with Crippen molar-refractivity contribution in [2.45, 2.75) is 19.4 Å². The fourth-order valence-corrected chi connectivity index (χ4v) is 2.84. The minimum Gasteiger partial charge on any atom is -0.377 e. The van der Waals surface area contributed by atoms with Crippen molar-refractivity contribution in [2.75, 3.05) is 5.32 Å². The van der Waals surface area contributed by atoms with Gasteiger partial charge in [0.15, 0.2) is 0 Å². The summed E-state index contributed by atoms with van der Waals surface area (Å²) < 4.78 is 14.1. The van der Waals surface area contributed by atoms with Gasteiger partial charge < -0.3 is 5.32 Å². The Morgan fingerprint density at radius 2 is 2.15 bits per heavy atom. The van der Waals surface area contributed by atoms with E-state index in [1.807, 2.05) is 17.6 Å². The molecule has 2 aromatic heterocycles. The van der Waals surface area contributed by atoms with Gasteiger partial charge in [-0.15, -0.1) is 11.3 Å². The molecule has 3 aromatic rings. The minimum atomic E-state index is -0.310. The Kier molecular flexibility index (Phi) is 3.60. The molecule has 0 aliphatic heterocycles. The zero-order chi connectivity index (χ0) is 13.9. The number of pyridine rings is 1. The first-order chi connectivity index (χ1) is 9.76. The Balaban J connectivity index is 1.84. The lowest BCUT2D eigenvalue weighted by molar-refractivity contribution is 0.614. The van der Waals surface area contributed by atoms with E-state index < -0.39 is 0 Å². The summed E-state index contributed by atoms with van der Waals surface area (Å²) in [4.78, 5) is 8.41. The maximum absolute atomic E-state index is 12.9. The van der Waals surface area contributed by atoms with E-state index in [-0.39, 0.29) is 11.9 Å². The van der Waals surface area contributed by atoms with Gasteiger partial charge in [-0.2, -0.15) is 0 Å². The molecular weight excluding hydrogens is 273 g/mol. The average Bonchev–Trinajstić information content (AvgIpc) is 2.93. The SMILES string of the molecule is CCC(Nc1ccc2ncsc2c1)c1ccc(F)cn1. The quantitative estimate of drug-likeness (QED) is 0.773. The molecule has 0 spiro atoms. The first kappa shape index (κ1) is 13.0. The molecule has 0 radical (unpaired) electrons. The molecule has 5 heteroatoms. The number of thiazole rings is 1. The zero-order valence-corrected chi connectivity index (χ0v) is 11.8. The van der Waals surface area contributed by atoms with Gasteiger partial charge in [-0.25, -0.2) is 9.37 Å². The van der Waals surface area contributed by atoms with Crippen LogP contribution in [0.1, 0.15) is 25.1 Å². The summed E-state index contributed by atoms with van der Waals surface area (Å²) in [6, 6.07) is 9.33.